The van der Waals surface area contributed by atoms with Gasteiger partial charge in [-0.05, 0) is 36.1 Å². The highest BCUT2D eigenvalue weighted by atomic mass is 15.2. The minimum absolute atomic E-state index is 0.581. The predicted molar refractivity (Wildman–Crippen MR) is 67.5 cm³/mol. The molecule has 0 aliphatic rings. The van der Waals surface area contributed by atoms with E-state index in [0.29, 0.717) is 5.92 Å². The van der Waals surface area contributed by atoms with Crippen LogP contribution in [0.3, 0.4) is 0 Å². The minimum atomic E-state index is 0.581. The second-order valence-corrected chi connectivity index (χ2v) is 4.60. The molecule has 0 aliphatic carbocycles. The summed E-state index contributed by atoms with van der Waals surface area (Å²) in [6.45, 7) is 6.62. The van der Waals surface area contributed by atoms with E-state index in [9.17, 15) is 0 Å². The Morgan fingerprint density at radius 3 is 2.44 bits per heavy atom. The van der Waals surface area contributed by atoms with E-state index in [4.69, 9.17) is 0 Å². The van der Waals surface area contributed by atoms with E-state index in [2.05, 4.69) is 44.1 Å². The lowest BCUT2D eigenvalue weighted by atomic mass is 9.95. The molecule has 0 fully saturated rings. The van der Waals surface area contributed by atoms with Crippen LogP contribution in [-0.4, -0.2) is 9.78 Å². The zero-order valence-electron chi connectivity index (χ0n) is 10.4. The number of benzene rings is 1. The van der Waals surface area contributed by atoms with Crippen LogP contribution in [-0.2, 0) is 7.05 Å². The predicted octanol–water partition coefficient (Wildman–Crippen LogP) is 3.52. The van der Waals surface area contributed by atoms with Gasteiger partial charge in [-0.3, -0.25) is 4.68 Å². The minimum Gasteiger partial charge on any atom is -0.275 e. The Balaban J connectivity index is 2.42. The number of rotatable bonds is 2. The number of aryl methyl sites for hydroxylation is 2. The average molecular weight is 214 g/mol. The van der Waals surface area contributed by atoms with Gasteiger partial charge in [0.15, 0.2) is 0 Å². The number of aromatic nitrogens is 2. The van der Waals surface area contributed by atoms with Crippen molar-refractivity contribution in [2.75, 3.05) is 0 Å². The summed E-state index contributed by atoms with van der Waals surface area (Å²) in [6, 6.07) is 8.64. The second-order valence-electron chi connectivity index (χ2n) is 4.60. The molecule has 0 radical (unpaired) electrons. The Labute approximate surface area is 96.9 Å². The van der Waals surface area contributed by atoms with Crippen molar-refractivity contribution in [3.63, 3.8) is 0 Å². The Kier molecular flexibility index (Phi) is 2.82. The van der Waals surface area contributed by atoms with Gasteiger partial charge < -0.3 is 0 Å². The van der Waals surface area contributed by atoms with Crippen molar-refractivity contribution in [2.45, 2.75) is 26.7 Å². The fourth-order valence-electron chi connectivity index (χ4n) is 2.05. The summed E-state index contributed by atoms with van der Waals surface area (Å²) in [5.74, 6) is 0.581. The molecule has 16 heavy (non-hydrogen) atoms. The quantitative estimate of drug-likeness (QED) is 0.748. The molecular weight excluding hydrogens is 196 g/mol. The van der Waals surface area contributed by atoms with Crippen LogP contribution in [0.1, 0.15) is 30.9 Å². The molecule has 2 heteroatoms. The topological polar surface area (TPSA) is 17.8 Å². The highest BCUT2D eigenvalue weighted by Gasteiger charge is 2.06. The van der Waals surface area contributed by atoms with Gasteiger partial charge in [-0.25, -0.2) is 0 Å². The summed E-state index contributed by atoms with van der Waals surface area (Å²) >= 11 is 0. The third-order valence-corrected chi connectivity index (χ3v) is 2.90. The third-order valence-electron chi connectivity index (χ3n) is 2.90. The van der Waals surface area contributed by atoms with E-state index < -0.39 is 0 Å². The monoisotopic (exact) mass is 214 g/mol. The van der Waals surface area contributed by atoms with E-state index in [1.54, 1.807) is 0 Å². The zero-order chi connectivity index (χ0) is 11.7. The molecule has 1 heterocycles. The van der Waals surface area contributed by atoms with E-state index >= 15 is 0 Å². The van der Waals surface area contributed by atoms with Gasteiger partial charge in [0, 0.05) is 18.8 Å². The molecule has 1 aromatic carbocycles. The number of hydrogen-bond donors (Lipinski definition) is 0. The maximum absolute atomic E-state index is 4.41. The summed E-state index contributed by atoms with van der Waals surface area (Å²) < 4.78 is 1.83. The standard InChI is InChI=1S/C14H18N2/c1-10(2)13-6-5-12(9-11(13)3)14-7-8-16(4)15-14/h5-10H,1-4H3. The molecule has 0 atom stereocenters. The molecule has 2 rings (SSSR count). The first-order valence-corrected chi connectivity index (χ1v) is 5.68. The average Bonchev–Trinajstić information content (AvgIpc) is 2.64. The lowest BCUT2D eigenvalue weighted by molar-refractivity contribution is 0.771. The van der Waals surface area contributed by atoms with Gasteiger partial charge >= 0.3 is 0 Å². The smallest absolute Gasteiger partial charge is 0.0923 e. The second kappa shape index (κ2) is 4.12. The van der Waals surface area contributed by atoms with Gasteiger partial charge in [0.2, 0.25) is 0 Å². The Morgan fingerprint density at radius 1 is 1.19 bits per heavy atom. The molecule has 1 aromatic heterocycles. The molecule has 0 spiro atoms. The van der Waals surface area contributed by atoms with Gasteiger partial charge in [-0.15, -0.1) is 0 Å². The summed E-state index contributed by atoms with van der Waals surface area (Å²) in [4.78, 5) is 0. The first kappa shape index (κ1) is 10.9. The van der Waals surface area contributed by atoms with Crippen LogP contribution in [0.4, 0.5) is 0 Å². The summed E-state index contributed by atoms with van der Waals surface area (Å²) in [7, 11) is 1.94. The highest BCUT2D eigenvalue weighted by molar-refractivity contribution is 5.60. The maximum Gasteiger partial charge on any atom is 0.0923 e. The lowest BCUT2D eigenvalue weighted by Gasteiger charge is -2.10. The molecule has 2 nitrogen and oxygen atoms in total. The van der Waals surface area contributed by atoms with Crippen LogP contribution < -0.4 is 0 Å². The van der Waals surface area contributed by atoms with Crippen LogP contribution in [0, 0.1) is 6.92 Å². The van der Waals surface area contributed by atoms with Crippen molar-refractivity contribution >= 4 is 0 Å². The van der Waals surface area contributed by atoms with Crippen LogP contribution in [0.25, 0.3) is 11.3 Å². The summed E-state index contributed by atoms with van der Waals surface area (Å²) in [6.07, 6.45) is 1.97. The van der Waals surface area contributed by atoms with Crippen LogP contribution in [0.5, 0.6) is 0 Å². The van der Waals surface area contributed by atoms with Crippen molar-refractivity contribution in [3.05, 3.63) is 41.6 Å². The van der Waals surface area contributed by atoms with Gasteiger partial charge in [0.05, 0.1) is 5.69 Å². The maximum atomic E-state index is 4.41. The number of hydrogen-bond acceptors (Lipinski definition) is 1. The summed E-state index contributed by atoms with van der Waals surface area (Å²) in [5, 5.41) is 4.41. The van der Waals surface area contributed by atoms with Crippen LogP contribution >= 0.6 is 0 Å². The van der Waals surface area contributed by atoms with Gasteiger partial charge in [0.25, 0.3) is 0 Å². The van der Waals surface area contributed by atoms with Crippen molar-refractivity contribution in [3.8, 4) is 11.3 Å². The molecule has 0 saturated carbocycles. The fourth-order valence-corrected chi connectivity index (χ4v) is 2.05. The van der Waals surface area contributed by atoms with E-state index in [-0.39, 0.29) is 0 Å². The van der Waals surface area contributed by atoms with E-state index in [1.165, 1.54) is 16.7 Å². The van der Waals surface area contributed by atoms with Crippen molar-refractivity contribution in [1.29, 1.82) is 0 Å². The Bertz CT molecular complexity index is 495. The molecule has 0 bridgehead atoms. The first-order valence-electron chi connectivity index (χ1n) is 5.68. The first-order chi connectivity index (χ1) is 7.58. The summed E-state index contributed by atoms with van der Waals surface area (Å²) in [5.41, 5.74) is 5.00. The Hall–Kier alpha value is -1.57. The largest absolute Gasteiger partial charge is 0.275 e. The zero-order valence-corrected chi connectivity index (χ0v) is 10.4. The molecule has 0 aliphatic heterocycles. The van der Waals surface area contributed by atoms with Crippen molar-refractivity contribution in [2.24, 2.45) is 7.05 Å². The highest BCUT2D eigenvalue weighted by Crippen LogP contribution is 2.24. The van der Waals surface area contributed by atoms with Crippen molar-refractivity contribution in [1.82, 2.24) is 9.78 Å². The normalized spacial score (nSPS) is 11.1. The molecule has 0 unspecified atom stereocenters. The Morgan fingerprint density at radius 2 is 1.94 bits per heavy atom. The molecule has 0 saturated heterocycles. The molecular formula is C14H18N2. The molecule has 2 aromatic rings. The van der Waals surface area contributed by atoms with Gasteiger partial charge in [-0.1, -0.05) is 26.0 Å². The van der Waals surface area contributed by atoms with Crippen LogP contribution in [0.2, 0.25) is 0 Å². The molecule has 0 N–H and O–H groups in total. The van der Waals surface area contributed by atoms with E-state index in [1.807, 2.05) is 24.0 Å². The van der Waals surface area contributed by atoms with Gasteiger partial charge in [0.1, 0.15) is 0 Å². The van der Waals surface area contributed by atoms with E-state index in [0.717, 1.165) is 5.69 Å². The van der Waals surface area contributed by atoms with Crippen LogP contribution in [0.15, 0.2) is 30.5 Å². The third kappa shape index (κ3) is 2.01. The molecule has 84 valence electrons. The SMILES string of the molecule is Cc1cc(-c2ccn(C)n2)ccc1C(C)C. The molecule has 0 amide bonds. The van der Waals surface area contributed by atoms with Gasteiger partial charge in [-0.2, -0.15) is 5.10 Å². The van der Waals surface area contributed by atoms with Crippen molar-refractivity contribution < 1.29 is 0 Å². The fraction of sp³-hybridized carbons (Fsp3) is 0.357. The number of nitrogens with zero attached hydrogens (tertiary/aromatic N) is 2. The lowest BCUT2D eigenvalue weighted by Crippen LogP contribution is -1.93.